The number of hydrogen-bond donors (Lipinski definition) is 1. The number of aliphatic imine (C=N–C) groups is 1. The van der Waals surface area contributed by atoms with E-state index in [1.54, 1.807) is 54.6 Å². The van der Waals surface area contributed by atoms with Crippen molar-refractivity contribution < 1.29 is 14.7 Å². The van der Waals surface area contributed by atoms with Crippen LogP contribution in [0.5, 0.6) is 0 Å². The fourth-order valence-electron chi connectivity index (χ4n) is 3.94. The van der Waals surface area contributed by atoms with Gasteiger partial charge in [0.1, 0.15) is 0 Å². The molecule has 0 radical (unpaired) electrons. The number of halogens is 1. The van der Waals surface area contributed by atoms with Crippen molar-refractivity contribution in [2.75, 3.05) is 0 Å². The summed E-state index contributed by atoms with van der Waals surface area (Å²) in [7, 11) is 0. The molecule has 3 unspecified atom stereocenters. The Morgan fingerprint density at radius 2 is 1.74 bits per heavy atom. The number of allylic oxidation sites excluding steroid dienone is 2. The third-order valence-electron chi connectivity index (χ3n) is 5.44. The SMILES string of the molecule is O=C(C1=C(O)C(=O)N(C2=NC3C=CC=CC3S2)C1c1ccc(Cl)cc1)c1ccccc1. The van der Waals surface area contributed by atoms with Crippen LogP contribution in [0.2, 0.25) is 5.02 Å². The summed E-state index contributed by atoms with van der Waals surface area (Å²) in [6.07, 6.45) is 7.89. The molecule has 0 fully saturated rings. The maximum atomic E-state index is 13.4. The Morgan fingerprint density at radius 3 is 2.45 bits per heavy atom. The van der Waals surface area contributed by atoms with Crippen LogP contribution in [0.3, 0.4) is 0 Å². The zero-order chi connectivity index (χ0) is 21.5. The number of rotatable bonds is 3. The van der Waals surface area contributed by atoms with Crippen molar-refractivity contribution in [3.8, 4) is 0 Å². The van der Waals surface area contributed by atoms with E-state index in [1.807, 2.05) is 24.3 Å². The van der Waals surface area contributed by atoms with Crippen LogP contribution in [0.25, 0.3) is 0 Å². The molecule has 1 N–H and O–H groups in total. The smallest absolute Gasteiger partial charge is 0.296 e. The Balaban J connectivity index is 1.61. The van der Waals surface area contributed by atoms with Crippen LogP contribution < -0.4 is 0 Å². The number of amidine groups is 1. The summed E-state index contributed by atoms with van der Waals surface area (Å²) in [4.78, 5) is 32.7. The molecule has 7 heteroatoms. The Bertz CT molecular complexity index is 1190. The van der Waals surface area contributed by atoms with Gasteiger partial charge in [0.05, 0.1) is 22.9 Å². The fraction of sp³-hybridized carbons (Fsp3) is 0.125. The van der Waals surface area contributed by atoms with E-state index >= 15 is 0 Å². The molecular weight excluding hydrogens is 432 g/mol. The largest absolute Gasteiger partial charge is 0.503 e. The van der Waals surface area contributed by atoms with Gasteiger partial charge in [-0.15, -0.1) is 0 Å². The molecule has 1 aliphatic carbocycles. The second-order valence-electron chi connectivity index (χ2n) is 7.34. The summed E-state index contributed by atoms with van der Waals surface area (Å²) in [5, 5.41) is 11.9. The molecule has 2 aromatic rings. The molecule has 0 saturated carbocycles. The predicted octanol–water partition coefficient (Wildman–Crippen LogP) is 4.88. The van der Waals surface area contributed by atoms with Gasteiger partial charge in [-0.1, -0.05) is 90.1 Å². The van der Waals surface area contributed by atoms with Gasteiger partial charge in [0.25, 0.3) is 5.91 Å². The number of aliphatic hydroxyl groups excluding tert-OH is 1. The van der Waals surface area contributed by atoms with Gasteiger partial charge in [-0.3, -0.25) is 19.5 Å². The highest BCUT2D eigenvalue weighted by molar-refractivity contribution is 8.14. The van der Waals surface area contributed by atoms with Crippen molar-refractivity contribution in [3.63, 3.8) is 0 Å². The number of benzene rings is 2. The summed E-state index contributed by atoms with van der Waals surface area (Å²) >= 11 is 7.52. The zero-order valence-electron chi connectivity index (χ0n) is 16.2. The predicted molar refractivity (Wildman–Crippen MR) is 122 cm³/mol. The van der Waals surface area contributed by atoms with Crippen molar-refractivity contribution in [2.24, 2.45) is 4.99 Å². The molecule has 1 amide bonds. The first-order valence-electron chi connectivity index (χ1n) is 9.76. The minimum atomic E-state index is -0.795. The molecular formula is C24H17ClN2O3S. The standard InChI is InChI=1S/C24H17ClN2O3S/c25-16-12-10-14(11-13-16)20-19(21(28)15-6-2-1-3-7-15)22(29)23(30)27(20)24-26-17-8-4-5-9-18(17)31-24/h1-13,17-18,20,29H. The summed E-state index contributed by atoms with van der Waals surface area (Å²) in [6, 6.07) is 14.7. The van der Waals surface area contributed by atoms with Crippen LogP contribution in [0.4, 0.5) is 0 Å². The number of carbonyl (C=O) groups excluding carboxylic acids is 2. The third-order valence-corrected chi connectivity index (χ3v) is 6.91. The molecule has 5 nitrogen and oxygen atoms in total. The number of hydrogen-bond acceptors (Lipinski definition) is 5. The van der Waals surface area contributed by atoms with Crippen LogP contribution in [0, 0.1) is 0 Å². The first kappa shape index (κ1) is 19.8. The number of ketones is 1. The van der Waals surface area contributed by atoms with E-state index in [2.05, 4.69) is 0 Å². The normalized spacial score (nSPS) is 24.5. The van der Waals surface area contributed by atoms with Crippen molar-refractivity contribution >= 4 is 40.2 Å². The maximum Gasteiger partial charge on any atom is 0.296 e. The van der Waals surface area contributed by atoms with Gasteiger partial charge in [0.15, 0.2) is 16.7 Å². The van der Waals surface area contributed by atoms with E-state index in [0.29, 0.717) is 21.3 Å². The molecule has 0 aromatic heterocycles. The lowest BCUT2D eigenvalue weighted by Gasteiger charge is -2.26. The molecule has 2 aromatic carbocycles. The van der Waals surface area contributed by atoms with E-state index in [9.17, 15) is 14.7 Å². The average Bonchev–Trinajstić information content (AvgIpc) is 3.33. The monoisotopic (exact) mass is 448 g/mol. The number of carbonyl (C=O) groups is 2. The first-order chi connectivity index (χ1) is 15.0. The lowest BCUT2D eigenvalue weighted by molar-refractivity contribution is -0.125. The first-order valence-corrected chi connectivity index (χ1v) is 11.0. The molecule has 0 bridgehead atoms. The van der Waals surface area contributed by atoms with E-state index in [4.69, 9.17) is 16.6 Å². The van der Waals surface area contributed by atoms with E-state index in [0.717, 1.165) is 0 Å². The molecule has 2 aliphatic heterocycles. The number of amides is 1. The van der Waals surface area contributed by atoms with Crippen molar-refractivity contribution in [2.45, 2.75) is 17.3 Å². The third kappa shape index (κ3) is 3.42. The molecule has 154 valence electrons. The van der Waals surface area contributed by atoms with Crippen molar-refractivity contribution in [3.05, 3.63) is 106 Å². The number of aliphatic hydroxyl groups is 1. The topological polar surface area (TPSA) is 70.0 Å². The zero-order valence-corrected chi connectivity index (χ0v) is 17.8. The Kier molecular flexibility index (Phi) is 5.04. The van der Waals surface area contributed by atoms with Gasteiger partial charge in [0.2, 0.25) is 0 Å². The number of thioether (sulfide) groups is 1. The van der Waals surface area contributed by atoms with E-state index in [-0.39, 0.29) is 16.9 Å². The molecule has 2 heterocycles. The lowest BCUT2D eigenvalue weighted by atomic mass is 9.93. The second-order valence-corrected chi connectivity index (χ2v) is 8.92. The highest BCUT2D eigenvalue weighted by Crippen LogP contribution is 2.44. The molecule has 31 heavy (non-hydrogen) atoms. The minimum absolute atomic E-state index is 0.0442. The fourth-order valence-corrected chi connectivity index (χ4v) is 5.25. The lowest BCUT2D eigenvalue weighted by Crippen LogP contribution is -2.34. The van der Waals surface area contributed by atoms with Crippen LogP contribution in [-0.2, 0) is 4.79 Å². The van der Waals surface area contributed by atoms with Crippen molar-refractivity contribution in [1.82, 2.24) is 4.90 Å². The van der Waals surface area contributed by atoms with Crippen molar-refractivity contribution in [1.29, 1.82) is 0 Å². The van der Waals surface area contributed by atoms with Gasteiger partial charge in [0, 0.05) is 10.6 Å². The van der Waals surface area contributed by atoms with Gasteiger partial charge in [-0.05, 0) is 17.7 Å². The quantitative estimate of drug-likeness (QED) is 0.679. The van der Waals surface area contributed by atoms with Crippen LogP contribution in [-0.4, -0.2) is 38.2 Å². The van der Waals surface area contributed by atoms with Crippen LogP contribution in [0.15, 0.2) is 95.2 Å². The summed E-state index contributed by atoms with van der Waals surface area (Å²) < 4.78 is 0. The van der Waals surface area contributed by atoms with E-state index in [1.165, 1.54) is 16.7 Å². The average molecular weight is 449 g/mol. The Morgan fingerprint density at radius 1 is 1.03 bits per heavy atom. The molecule has 0 saturated heterocycles. The van der Waals surface area contributed by atoms with Crippen LogP contribution >= 0.6 is 23.4 Å². The Labute approximate surface area is 188 Å². The molecule has 3 aliphatic rings. The van der Waals surface area contributed by atoms with E-state index < -0.39 is 23.5 Å². The highest BCUT2D eigenvalue weighted by Gasteiger charge is 2.48. The Hall–Kier alpha value is -3.09. The van der Waals surface area contributed by atoms with Gasteiger partial charge < -0.3 is 5.11 Å². The highest BCUT2D eigenvalue weighted by atomic mass is 35.5. The maximum absolute atomic E-state index is 13.4. The van der Waals surface area contributed by atoms with Crippen LogP contribution in [0.1, 0.15) is 22.0 Å². The minimum Gasteiger partial charge on any atom is -0.503 e. The summed E-state index contributed by atoms with van der Waals surface area (Å²) in [5.74, 6) is -1.56. The molecule has 0 spiro atoms. The van der Waals surface area contributed by atoms with Gasteiger partial charge in [-0.25, -0.2) is 0 Å². The van der Waals surface area contributed by atoms with Gasteiger partial charge in [-0.2, -0.15) is 0 Å². The number of nitrogens with zero attached hydrogens (tertiary/aromatic N) is 2. The second kappa shape index (κ2) is 7.87. The molecule has 5 rings (SSSR count). The molecule has 3 atom stereocenters. The number of fused-ring (bicyclic) bond motifs is 1. The number of Topliss-reactive ketones (excluding diaryl/α,β-unsaturated/α-hetero) is 1. The summed E-state index contributed by atoms with van der Waals surface area (Å²) in [5.41, 5.74) is 1.12. The summed E-state index contributed by atoms with van der Waals surface area (Å²) in [6.45, 7) is 0. The van der Waals surface area contributed by atoms with Gasteiger partial charge >= 0.3 is 0 Å².